The molecular weight excluding hydrogens is 268 g/mol. The summed E-state index contributed by atoms with van der Waals surface area (Å²) in [6, 6.07) is 14.2. The van der Waals surface area contributed by atoms with Gasteiger partial charge in [0.25, 0.3) is 0 Å². The molecule has 5 heteroatoms. The molecule has 0 saturated heterocycles. The Morgan fingerprint density at radius 2 is 1.65 bits per heavy atom. The lowest BCUT2D eigenvalue weighted by atomic mass is 10.2. The normalized spacial score (nSPS) is 11.0. The summed E-state index contributed by atoms with van der Waals surface area (Å²) in [5, 5.41) is 10.7. The van der Waals surface area contributed by atoms with Crippen molar-refractivity contribution in [1.29, 1.82) is 0 Å². The number of thiazole rings is 1. The molecule has 0 fully saturated rings. The van der Waals surface area contributed by atoms with Gasteiger partial charge in [-0.05, 0) is 17.7 Å². The second-order valence-electron chi connectivity index (χ2n) is 4.36. The average Bonchev–Trinajstić information content (AvgIpc) is 3.10. The molecule has 0 unspecified atom stereocenters. The van der Waals surface area contributed by atoms with Gasteiger partial charge in [0.1, 0.15) is 0 Å². The molecule has 3 heterocycles. The largest absolute Gasteiger partial charge is 0.265 e. The van der Waals surface area contributed by atoms with E-state index < -0.39 is 0 Å². The summed E-state index contributed by atoms with van der Waals surface area (Å²) < 4.78 is 2.09. The zero-order chi connectivity index (χ0) is 13.4. The molecular formula is C15H10N4S. The van der Waals surface area contributed by atoms with Crippen LogP contribution in [0.5, 0.6) is 0 Å². The monoisotopic (exact) mass is 278 g/mol. The van der Waals surface area contributed by atoms with E-state index in [9.17, 15) is 0 Å². The lowest BCUT2D eigenvalue weighted by Gasteiger charge is -2.02. The van der Waals surface area contributed by atoms with Crippen molar-refractivity contribution < 1.29 is 0 Å². The van der Waals surface area contributed by atoms with Crippen molar-refractivity contribution in [3.63, 3.8) is 0 Å². The first-order valence-electron chi connectivity index (χ1n) is 6.22. The smallest absolute Gasteiger partial charge is 0.216 e. The van der Waals surface area contributed by atoms with Gasteiger partial charge in [0.2, 0.25) is 4.96 Å². The highest BCUT2D eigenvalue weighted by Crippen LogP contribution is 2.29. The van der Waals surface area contributed by atoms with E-state index in [4.69, 9.17) is 0 Å². The minimum Gasteiger partial charge on any atom is -0.265 e. The first-order chi connectivity index (χ1) is 9.93. The SMILES string of the molecule is c1ccc(-c2csc3nnc(-c4ccncc4)n23)cc1. The summed E-state index contributed by atoms with van der Waals surface area (Å²) >= 11 is 1.60. The van der Waals surface area contributed by atoms with Gasteiger partial charge in [-0.15, -0.1) is 21.5 Å². The van der Waals surface area contributed by atoms with E-state index in [-0.39, 0.29) is 0 Å². The number of benzene rings is 1. The number of fused-ring (bicyclic) bond motifs is 1. The Kier molecular flexibility index (Phi) is 2.57. The maximum absolute atomic E-state index is 4.31. The van der Waals surface area contributed by atoms with E-state index in [1.807, 2.05) is 30.3 Å². The van der Waals surface area contributed by atoms with E-state index in [0.29, 0.717) is 0 Å². The maximum Gasteiger partial charge on any atom is 0.216 e. The van der Waals surface area contributed by atoms with Gasteiger partial charge < -0.3 is 0 Å². The second kappa shape index (κ2) is 4.54. The Morgan fingerprint density at radius 1 is 0.850 bits per heavy atom. The predicted octanol–water partition coefficient (Wildman–Crippen LogP) is 3.52. The van der Waals surface area contributed by atoms with E-state index in [2.05, 4.69) is 37.1 Å². The molecule has 1 aromatic carbocycles. The minimum absolute atomic E-state index is 0.850. The van der Waals surface area contributed by atoms with Crippen LogP contribution in [-0.4, -0.2) is 19.6 Å². The van der Waals surface area contributed by atoms with Crippen LogP contribution >= 0.6 is 11.3 Å². The topological polar surface area (TPSA) is 43.1 Å². The van der Waals surface area contributed by atoms with Gasteiger partial charge in [-0.3, -0.25) is 9.38 Å². The van der Waals surface area contributed by atoms with Gasteiger partial charge in [0.15, 0.2) is 5.82 Å². The van der Waals surface area contributed by atoms with Gasteiger partial charge >= 0.3 is 0 Å². The Hall–Kier alpha value is -2.53. The molecule has 0 amide bonds. The van der Waals surface area contributed by atoms with Crippen LogP contribution in [0.2, 0.25) is 0 Å². The lowest BCUT2D eigenvalue weighted by Crippen LogP contribution is -1.91. The number of rotatable bonds is 2. The fourth-order valence-electron chi connectivity index (χ4n) is 2.22. The van der Waals surface area contributed by atoms with E-state index in [1.54, 1.807) is 23.7 Å². The van der Waals surface area contributed by atoms with Gasteiger partial charge in [-0.1, -0.05) is 30.3 Å². The van der Waals surface area contributed by atoms with Crippen LogP contribution in [0.4, 0.5) is 0 Å². The number of hydrogen-bond acceptors (Lipinski definition) is 4. The highest BCUT2D eigenvalue weighted by Gasteiger charge is 2.14. The van der Waals surface area contributed by atoms with Crippen LogP contribution in [0, 0.1) is 0 Å². The van der Waals surface area contributed by atoms with Crippen molar-refractivity contribution >= 4 is 16.3 Å². The van der Waals surface area contributed by atoms with Crippen molar-refractivity contribution in [2.45, 2.75) is 0 Å². The number of aromatic nitrogens is 4. The van der Waals surface area contributed by atoms with Crippen LogP contribution in [0.25, 0.3) is 27.6 Å². The summed E-state index contributed by atoms with van der Waals surface area (Å²) in [5.41, 5.74) is 3.29. The second-order valence-corrected chi connectivity index (χ2v) is 5.20. The third-order valence-electron chi connectivity index (χ3n) is 3.16. The highest BCUT2D eigenvalue weighted by molar-refractivity contribution is 7.15. The van der Waals surface area contributed by atoms with Crippen molar-refractivity contribution in [2.75, 3.05) is 0 Å². The van der Waals surface area contributed by atoms with E-state index >= 15 is 0 Å². The fourth-order valence-corrected chi connectivity index (χ4v) is 3.06. The maximum atomic E-state index is 4.31. The number of pyridine rings is 1. The van der Waals surface area contributed by atoms with Crippen molar-refractivity contribution in [2.24, 2.45) is 0 Å². The van der Waals surface area contributed by atoms with Gasteiger partial charge in [-0.2, -0.15) is 0 Å². The number of hydrogen-bond donors (Lipinski definition) is 0. The molecule has 20 heavy (non-hydrogen) atoms. The Bertz CT molecular complexity index is 780. The van der Waals surface area contributed by atoms with Crippen molar-refractivity contribution in [3.8, 4) is 22.6 Å². The standard InChI is InChI=1S/C15H10N4S/c1-2-4-11(5-3-1)13-10-20-15-18-17-14(19(13)15)12-6-8-16-9-7-12/h1-10H. The van der Waals surface area contributed by atoms with Gasteiger partial charge in [0.05, 0.1) is 5.69 Å². The van der Waals surface area contributed by atoms with Crippen molar-refractivity contribution in [1.82, 2.24) is 19.6 Å². The minimum atomic E-state index is 0.850. The third kappa shape index (κ3) is 1.71. The molecule has 0 radical (unpaired) electrons. The van der Waals surface area contributed by atoms with Crippen LogP contribution in [0.3, 0.4) is 0 Å². The first-order valence-corrected chi connectivity index (χ1v) is 7.10. The molecule has 3 aromatic heterocycles. The Balaban J connectivity index is 1.99. The molecule has 0 atom stereocenters. The summed E-state index contributed by atoms with van der Waals surface area (Å²) in [6.45, 7) is 0. The van der Waals surface area contributed by atoms with Crippen LogP contribution in [0.15, 0.2) is 60.2 Å². The Labute approximate surface area is 119 Å². The van der Waals surface area contributed by atoms with E-state index in [0.717, 1.165) is 27.6 Å². The first kappa shape index (κ1) is 11.3. The molecule has 0 N–H and O–H groups in total. The molecule has 4 aromatic rings. The molecule has 0 aliphatic carbocycles. The summed E-state index contributed by atoms with van der Waals surface area (Å²) in [6.07, 6.45) is 3.54. The summed E-state index contributed by atoms with van der Waals surface area (Å²) in [4.78, 5) is 4.95. The van der Waals surface area contributed by atoms with Gasteiger partial charge in [0, 0.05) is 23.3 Å². The molecule has 0 bridgehead atoms. The summed E-state index contributed by atoms with van der Waals surface area (Å²) in [7, 11) is 0. The predicted molar refractivity (Wildman–Crippen MR) is 79.5 cm³/mol. The highest BCUT2D eigenvalue weighted by atomic mass is 32.1. The zero-order valence-electron chi connectivity index (χ0n) is 10.5. The Morgan fingerprint density at radius 3 is 2.45 bits per heavy atom. The third-order valence-corrected chi connectivity index (χ3v) is 3.97. The van der Waals surface area contributed by atoms with Gasteiger partial charge in [-0.25, -0.2) is 0 Å². The molecule has 0 spiro atoms. The van der Waals surface area contributed by atoms with Crippen molar-refractivity contribution in [3.05, 3.63) is 60.2 Å². The molecule has 4 rings (SSSR count). The molecule has 96 valence electrons. The summed E-state index contributed by atoms with van der Waals surface area (Å²) in [5.74, 6) is 0.850. The van der Waals surface area contributed by atoms with Crippen LogP contribution in [0.1, 0.15) is 0 Å². The molecule has 4 nitrogen and oxygen atoms in total. The lowest BCUT2D eigenvalue weighted by molar-refractivity contribution is 1.11. The van der Waals surface area contributed by atoms with Crippen LogP contribution in [-0.2, 0) is 0 Å². The van der Waals surface area contributed by atoms with Crippen LogP contribution < -0.4 is 0 Å². The fraction of sp³-hybridized carbons (Fsp3) is 0. The number of nitrogens with zero attached hydrogens (tertiary/aromatic N) is 4. The average molecular weight is 278 g/mol. The molecule has 0 aliphatic rings. The van der Waals surface area contributed by atoms with E-state index in [1.165, 1.54) is 0 Å². The quantitative estimate of drug-likeness (QED) is 0.563. The molecule has 0 aliphatic heterocycles. The molecule has 0 saturated carbocycles. The zero-order valence-corrected chi connectivity index (χ0v) is 11.3.